The van der Waals surface area contributed by atoms with Crippen LogP contribution in [0.15, 0.2) is 42.5 Å². The number of amides is 2. The number of aromatic nitrogens is 2. The first-order valence-electron chi connectivity index (χ1n) is 7.91. The van der Waals surface area contributed by atoms with E-state index in [1.54, 1.807) is 0 Å². The number of anilines is 1. The lowest BCUT2D eigenvalue weighted by Crippen LogP contribution is -2.36. The normalized spacial score (nSPS) is 12.4. The number of para-hydroxylation sites is 2. The molecule has 5 nitrogen and oxygen atoms in total. The molecule has 3 aromatic rings. The van der Waals surface area contributed by atoms with Gasteiger partial charge in [0.1, 0.15) is 17.5 Å². The van der Waals surface area contributed by atoms with E-state index in [9.17, 15) is 13.6 Å². The third kappa shape index (κ3) is 3.76. The van der Waals surface area contributed by atoms with E-state index >= 15 is 0 Å². The van der Waals surface area contributed by atoms with Crippen LogP contribution in [-0.4, -0.2) is 16.0 Å². The topological polar surface area (TPSA) is 69.8 Å². The van der Waals surface area contributed by atoms with Crippen LogP contribution >= 0.6 is 0 Å². The molecule has 0 spiro atoms. The Labute approximate surface area is 143 Å². The molecule has 0 aliphatic heterocycles. The molecule has 0 aliphatic carbocycles. The molecule has 1 heterocycles. The van der Waals surface area contributed by atoms with Crippen LogP contribution in [0.1, 0.15) is 25.7 Å². The lowest BCUT2D eigenvalue weighted by atomic mass is 10.0. The molecule has 130 valence electrons. The molecule has 1 aromatic heterocycles. The molecular weight excluding hydrogens is 326 g/mol. The van der Waals surface area contributed by atoms with Gasteiger partial charge in [0.05, 0.1) is 22.8 Å². The monoisotopic (exact) mass is 344 g/mol. The third-order valence-electron chi connectivity index (χ3n) is 3.83. The van der Waals surface area contributed by atoms with Crippen LogP contribution in [0.5, 0.6) is 0 Å². The van der Waals surface area contributed by atoms with Crippen LogP contribution in [0.25, 0.3) is 11.0 Å². The third-order valence-corrected chi connectivity index (χ3v) is 3.83. The summed E-state index contributed by atoms with van der Waals surface area (Å²) in [5.74, 6) is -0.874. The maximum Gasteiger partial charge on any atom is 0.319 e. The van der Waals surface area contributed by atoms with Crippen molar-refractivity contribution in [2.75, 3.05) is 5.32 Å². The molecule has 7 heteroatoms. The highest BCUT2D eigenvalue weighted by molar-refractivity contribution is 5.89. The summed E-state index contributed by atoms with van der Waals surface area (Å²) in [6.45, 7) is 3.88. The molecule has 2 aromatic carbocycles. The second kappa shape index (κ2) is 6.88. The number of benzene rings is 2. The first-order chi connectivity index (χ1) is 11.9. The van der Waals surface area contributed by atoms with Crippen LogP contribution in [0.3, 0.4) is 0 Å². The Bertz CT molecular complexity index is 874. The van der Waals surface area contributed by atoms with Crippen molar-refractivity contribution < 1.29 is 13.6 Å². The summed E-state index contributed by atoms with van der Waals surface area (Å²) >= 11 is 0. The summed E-state index contributed by atoms with van der Waals surface area (Å²) in [6.07, 6.45) is 0. The van der Waals surface area contributed by atoms with Crippen molar-refractivity contribution in [3.05, 3.63) is 59.9 Å². The largest absolute Gasteiger partial charge is 0.340 e. The first-order valence-corrected chi connectivity index (χ1v) is 7.91. The van der Waals surface area contributed by atoms with E-state index in [0.717, 1.165) is 23.2 Å². The number of hydrogen-bond acceptors (Lipinski definition) is 2. The van der Waals surface area contributed by atoms with Crippen molar-refractivity contribution in [2.45, 2.75) is 19.9 Å². The number of nitrogens with one attached hydrogen (secondary N) is 3. The highest BCUT2D eigenvalue weighted by Crippen LogP contribution is 2.22. The van der Waals surface area contributed by atoms with Crippen molar-refractivity contribution in [1.29, 1.82) is 0 Å². The zero-order valence-electron chi connectivity index (χ0n) is 13.8. The van der Waals surface area contributed by atoms with Gasteiger partial charge in [-0.05, 0) is 30.2 Å². The summed E-state index contributed by atoms with van der Waals surface area (Å²) < 4.78 is 26.6. The number of urea groups is 1. The summed E-state index contributed by atoms with van der Waals surface area (Å²) in [6, 6.07) is 9.54. The molecule has 0 unspecified atom stereocenters. The fourth-order valence-electron chi connectivity index (χ4n) is 2.56. The molecule has 0 saturated heterocycles. The van der Waals surface area contributed by atoms with Crippen LogP contribution in [0.2, 0.25) is 0 Å². The minimum absolute atomic E-state index is 0.0457. The summed E-state index contributed by atoms with van der Waals surface area (Å²) in [5.41, 5.74) is 1.58. The number of H-pyrrole nitrogens is 1. The van der Waals surface area contributed by atoms with Crippen molar-refractivity contribution >= 4 is 22.8 Å². The Morgan fingerprint density at radius 1 is 1.16 bits per heavy atom. The van der Waals surface area contributed by atoms with E-state index in [1.807, 2.05) is 38.1 Å². The van der Waals surface area contributed by atoms with E-state index in [4.69, 9.17) is 0 Å². The molecular formula is C18H18F2N4O. The SMILES string of the molecule is CC(C)[C@H](NC(=O)Nc1ccc(F)cc1F)c1nc2ccccc2[nH]1. The fraction of sp³-hybridized carbons (Fsp3) is 0.222. The smallest absolute Gasteiger partial charge is 0.319 e. The number of halogens is 2. The zero-order chi connectivity index (χ0) is 18.0. The van der Waals surface area contributed by atoms with Crippen molar-refractivity contribution in [3.8, 4) is 0 Å². The quantitative estimate of drug-likeness (QED) is 0.658. The number of rotatable bonds is 4. The highest BCUT2D eigenvalue weighted by Gasteiger charge is 2.22. The van der Waals surface area contributed by atoms with Crippen molar-refractivity contribution in [2.24, 2.45) is 5.92 Å². The molecule has 0 fully saturated rings. The lowest BCUT2D eigenvalue weighted by molar-refractivity contribution is 0.243. The molecule has 25 heavy (non-hydrogen) atoms. The van der Waals surface area contributed by atoms with Gasteiger partial charge in [0.15, 0.2) is 0 Å². The number of carbonyl (C=O) groups excluding carboxylic acids is 1. The van der Waals surface area contributed by atoms with Crippen molar-refractivity contribution in [1.82, 2.24) is 15.3 Å². The number of imidazole rings is 1. The fourth-order valence-corrected chi connectivity index (χ4v) is 2.56. The first kappa shape index (κ1) is 16.9. The molecule has 3 rings (SSSR count). The maximum atomic E-state index is 13.7. The second-order valence-electron chi connectivity index (χ2n) is 6.08. The summed E-state index contributed by atoms with van der Waals surface area (Å²) in [5, 5.41) is 5.17. The van der Waals surface area contributed by atoms with Gasteiger partial charge in [0, 0.05) is 6.07 Å². The van der Waals surface area contributed by atoms with Crippen LogP contribution in [-0.2, 0) is 0 Å². The average Bonchev–Trinajstić information content (AvgIpc) is 2.98. The van der Waals surface area contributed by atoms with Gasteiger partial charge >= 0.3 is 6.03 Å². The number of hydrogen-bond donors (Lipinski definition) is 3. The number of nitrogens with zero attached hydrogens (tertiary/aromatic N) is 1. The minimum Gasteiger partial charge on any atom is -0.340 e. The number of aromatic amines is 1. The zero-order valence-corrected chi connectivity index (χ0v) is 13.8. The Hall–Kier alpha value is -2.96. The standard InChI is InChI=1S/C18H18F2N4O/c1-10(2)16(17-21-14-5-3-4-6-15(14)22-17)24-18(25)23-13-8-7-11(19)9-12(13)20/h3-10,16H,1-2H3,(H,21,22)(H2,23,24,25)/t16-/m0/s1. The molecule has 0 aliphatic rings. The Morgan fingerprint density at radius 2 is 1.92 bits per heavy atom. The minimum atomic E-state index is -0.833. The van der Waals surface area contributed by atoms with E-state index in [1.165, 1.54) is 6.07 Å². The molecule has 3 N–H and O–H groups in total. The molecule has 0 radical (unpaired) electrons. The molecule has 0 bridgehead atoms. The predicted molar refractivity (Wildman–Crippen MR) is 92.2 cm³/mol. The Balaban J connectivity index is 1.78. The lowest BCUT2D eigenvalue weighted by Gasteiger charge is -2.20. The van der Waals surface area contributed by atoms with E-state index in [0.29, 0.717) is 5.82 Å². The van der Waals surface area contributed by atoms with E-state index in [2.05, 4.69) is 20.6 Å². The second-order valence-corrected chi connectivity index (χ2v) is 6.08. The van der Waals surface area contributed by atoms with Gasteiger partial charge in [-0.3, -0.25) is 0 Å². The Morgan fingerprint density at radius 3 is 2.60 bits per heavy atom. The van der Waals surface area contributed by atoms with Gasteiger partial charge in [0.25, 0.3) is 0 Å². The van der Waals surface area contributed by atoms with Gasteiger partial charge in [0.2, 0.25) is 0 Å². The maximum absolute atomic E-state index is 13.7. The van der Waals surface area contributed by atoms with Gasteiger partial charge in [-0.15, -0.1) is 0 Å². The number of carbonyl (C=O) groups is 1. The van der Waals surface area contributed by atoms with Gasteiger partial charge in [-0.2, -0.15) is 0 Å². The van der Waals surface area contributed by atoms with E-state index < -0.39 is 23.7 Å². The number of fused-ring (bicyclic) bond motifs is 1. The average molecular weight is 344 g/mol. The summed E-state index contributed by atoms with van der Waals surface area (Å²) in [4.78, 5) is 19.9. The molecule has 1 atom stereocenters. The van der Waals surface area contributed by atoms with E-state index in [-0.39, 0.29) is 11.6 Å². The highest BCUT2D eigenvalue weighted by atomic mass is 19.1. The Kier molecular flexibility index (Phi) is 4.65. The van der Waals surface area contributed by atoms with Gasteiger partial charge in [-0.1, -0.05) is 26.0 Å². The van der Waals surface area contributed by atoms with Crippen LogP contribution in [0, 0.1) is 17.6 Å². The van der Waals surface area contributed by atoms with Gasteiger partial charge in [-0.25, -0.2) is 18.6 Å². The predicted octanol–water partition coefficient (Wildman–Crippen LogP) is 4.36. The van der Waals surface area contributed by atoms with Gasteiger partial charge < -0.3 is 15.6 Å². The van der Waals surface area contributed by atoms with Crippen LogP contribution in [0.4, 0.5) is 19.3 Å². The van der Waals surface area contributed by atoms with Crippen molar-refractivity contribution in [3.63, 3.8) is 0 Å². The summed E-state index contributed by atoms with van der Waals surface area (Å²) in [7, 11) is 0. The molecule has 2 amide bonds. The van der Waals surface area contributed by atoms with Crippen LogP contribution < -0.4 is 10.6 Å². The molecule has 0 saturated carbocycles.